The Kier molecular flexibility index (Phi) is 4.63. The molecule has 2 aromatic heterocycles. The van der Waals surface area contributed by atoms with Crippen LogP contribution in [-0.2, 0) is 19.5 Å². The minimum Gasteiger partial charge on any atom is -0.444 e. The van der Waals surface area contributed by atoms with Crippen LogP contribution in [0.25, 0.3) is 11.5 Å². The molecule has 0 saturated carbocycles. The molecule has 2 N–H and O–H groups in total. The highest BCUT2D eigenvalue weighted by Crippen LogP contribution is 2.17. The number of nitrogens with one attached hydrogen (secondary N) is 2. The van der Waals surface area contributed by atoms with Gasteiger partial charge in [0.25, 0.3) is 0 Å². The van der Waals surface area contributed by atoms with Crippen LogP contribution in [0.1, 0.15) is 17.9 Å². The normalized spacial score (nSPS) is 17.0. The largest absolute Gasteiger partial charge is 0.444 e. The average Bonchev–Trinajstić information content (AvgIpc) is 3.34. The lowest BCUT2D eigenvalue weighted by molar-refractivity contribution is 0.392. The summed E-state index contributed by atoms with van der Waals surface area (Å²) in [5, 5.41) is 11.0. The van der Waals surface area contributed by atoms with Crippen molar-refractivity contribution in [3.63, 3.8) is 0 Å². The van der Waals surface area contributed by atoms with E-state index in [4.69, 9.17) is 4.42 Å². The van der Waals surface area contributed by atoms with Crippen LogP contribution in [0.3, 0.4) is 0 Å². The van der Waals surface area contributed by atoms with Crippen molar-refractivity contribution in [2.24, 2.45) is 4.99 Å². The summed E-state index contributed by atoms with van der Waals surface area (Å²) >= 11 is 0. The van der Waals surface area contributed by atoms with Gasteiger partial charge in [0.15, 0.2) is 5.96 Å². The number of rotatable bonds is 4. The molecule has 8 heteroatoms. The molecule has 3 aromatic rings. The molecule has 1 aliphatic rings. The molecule has 26 heavy (non-hydrogen) atoms. The fourth-order valence-electron chi connectivity index (χ4n) is 3.02. The van der Waals surface area contributed by atoms with Gasteiger partial charge in [0.05, 0.1) is 18.8 Å². The lowest BCUT2D eigenvalue weighted by Gasteiger charge is -2.25. The molecule has 0 spiro atoms. The predicted octanol–water partition coefficient (Wildman–Crippen LogP) is 1.61. The lowest BCUT2D eigenvalue weighted by Crippen LogP contribution is -2.46. The van der Waals surface area contributed by atoms with Gasteiger partial charge in [-0.05, 0) is 18.6 Å². The SMILES string of the molecule is CN=C(NCc1coc(-c2ccccc2)n1)NC1CCc2ncnn2C1. The van der Waals surface area contributed by atoms with Gasteiger partial charge in [-0.25, -0.2) is 14.6 Å². The van der Waals surface area contributed by atoms with E-state index in [9.17, 15) is 0 Å². The highest BCUT2D eigenvalue weighted by molar-refractivity contribution is 5.79. The van der Waals surface area contributed by atoms with E-state index in [2.05, 4.69) is 30.7 Å². The second-order valence-electron chi connectivity index (χ2n) is 6.17. The van der Waals surface area contributed by atoms with Crippen LogP contribution in [0.2, 0.25) is 0 Å². The first kappa shape index (κ1) is 16.3. The van der Waals surface area contributed by atoms with Gasteiger partial charge in [-0.3, -0.25) is 4.99 Å². The highest BCUT2D eigenvalue weighted by atomic mass is 16.3. The zero-order valence-electron chi connectivity index (χ0n) is 14.6. The van der Waals surface area contributed by atoms with Gasteiger partial charge >= 0.3 is 0 Å². The number of aryl methyl sites for hydroxylation is 1. The number of aliphatic imine (C=N–C) groups is 1. The first-order valence-corrected chi connectivity index (χ1v) is 8.65. The Bertz CT molecular complexity index is 884. The molecule has 0 bridgehead atoms. The van der Waals surface area contributed by atoms with Gasteiger partial charge in [-0.1, -0.05) is 18.2 Å². The monoisotopic (exact) mass is 351 g/mol. The topological polar surface area (TPSA) is 93.2 Å². The maximum absolute atomic E-state index is 5.57. The summed E-state index contributed by atoms with van der Waals surface area (Å²) in [6.45, 7) is 1.33. The molecular formula is C18H21N7O. The molecule has 0 aliphatic carbocycles. The average molecular weight is 351 g/mol. The van der Waals surface area contributed by atoms with Crippen LogP contribution in [-0.4, -0.2) is 38.8 Å². The van der Waals surface area contributed by atoms with Crippen molar-refractivity contribution in [3.05, 3.63) is 54.4 Å². The smallest absolute Gasteiger partial charge is 0.226 e. The number of benzene rings is 1. The van der Waals surface area contributed by atoms with Crippen molar-refractivity contribution in [1.29, 1.82) is 0 Å². The number of aromatic nitrogens is 4. The number of fused-ring (bicyclic) bond motifs is 1. The number of oxazole rings is 1. The Morgan fingerprint density at radius 1 is 1.35 bits per heavy atom. The molecular weight excluding hydrogens is 330 g/mol. The van der Waals surface area contributed by atoms with Gasteiger partial charge in [0.1, 0.15) is 18.4 Å². The fraction of sp³-hybridized carbons (Fsp3) is 0.333. The molecule has 4 rings (SSSR count). The minimum absolute atomic E-state index is 0.271. The molecule has 1 unspecified atom stereocenters. The lowest BCUT2D eigenvalue weighted by atomic mass is 10.1. The predicted molar refractivity (Wildman–Crippen MR) is 97.4 cm³/mol. The molecule has 1 atom stereocenters. The first-order valence-electron chi connectivity index (χ1n) is 8.65. The Hall–Kier alpha value is -3.16. The maximum Gasteiger partial charge on any atom is 0.226 e. The molecule has 1 aromatic carbocycles. The number of hydrogen-bond donors (Lipinski definition) is 2. The molecule has 0 fully saturated rings. The van der Waals surface area contributed by atoms with E-state index in [1.54, 1.807) is 19.6 Å². The highest BCUT2D eigenvalue weighted by Gasteiger charge is 2.20. The number of hydrogen-bond acceptors (Lipinski definition) is 5. The van der Waals surface area contributed by atoms with Crippen LogP contribution in [0.5, 0.6) is 0 Å². The van der Waals surface area contributed by atoms with E-state index in [0.29, 0.717) is 12.4 Å². The summed E-state index contributed by atoms with van der Waals surface area (Å²) in [5.74, 6) is 2.40. The summed E-state index contributed by atoms with van der Waals surface area (Å²) in [6.07, 6.45) is 5.20. The van der Waals surface area contributed by atoms with E-state index in [1.807, 2.05) is 35.0 Å². The zero-order valence-corrected chi connectivity index (χ0v) is 14.6. The van der Waals surface area contributed by atoms with E-state index in [1.165, 1.54) is 0 Å². The van der Waals surface area contributed by atoms with Crippen LogP contribution < -0.4 is 10.6 Å². The molecule has 0 saturated heterocycles. The van der Waals surface area contributed by atoms with Crippen molar-refractivity contribution in [2.75, 3.05) is 7.05 Å². The Labute approximate surface area is 151 Å². The van der Waals surface area contributed by atoms with E-state index in [0.717, 1.165) is 42.4 Å². The molecule has 1 aliphatic heterocycles. The quantitative estimate of drug-likeness (QED) is 0.548. The summed E-state index contributed by atoms with van der Waals surface area (Å²) in [4.78, 5) is 13.1. The van der Waals surface area contributed by atoms with E-state index < -0.39 is 0 Å². The molecule has 3 heterocycles. The Morgan fingerprint density at radius 3 is 3.08 bits per heavy atom. The number of guanidine groups is 1. The Balaban J connectivity index is 1.33. The summed E-state index contributed by atoms with van der Waals surface area (Å²) in [6, 6.07) is 10.1. The fourth-order valence-corrected chi connectivity index (χ4v) is 3.02. The molecule has 0 amide bonds. The first-order chi connectivity index (χ1) is 12.8. The van der Waals surface area contributed by atoms with Crippen molar-refractivity contribution < 1.29 is 4.42 Å². The van der Waals surface area contributed by atoms with Gasteiger partial charge in [0, 0.05) is 25.1 Å². The maximum atomic E-state index is 5.57. The van der Waals surface area contributed by atoms with E-state index in [-0.39, 0.29) is 6.04 Å². The van der Waals surface area contributed by atoms with Gasteiger partial charge < -0.3 is 15.1 Å². The van der Waals surface area contributed by atoms with Crippen LogP contribution in [0, 0.1) is 0 Å². The second kappa shape index (κ2) is 7.38. The third-order valence-corrected chi connectivity index (χ3v) is 4.38. The van der Waals surface area contributed by atoms with Crippen molar-refractivity contribution in [2.45, 2.75) is 32.0 Å². The van der Waals surface area contributed by atoms with Crippen LogP contribution in [0.4, 0.5) is 0 Å². The summed E-state index contributed by atoms with van der Waals surface area (Å²) in [7, 11) is 1.76. The van der Waals surface area contributed by atoms with Gasteiger partial charge in [-0.15, -0.1) is 0 Å². The Morgan fingerprint density at radius 2 is 2.23 bits per heavy atom. The van der Waals surface area contributed by atoms with Crippen LogP contribution >= 0.6 is 0 Å². The summed E-state index contributed by atoms with van der Waals surface area (Å²) < 4.78 is 7.51. The third-order valence-electron chi connectivity index (χ3n) is 4.38. The minimum atomic E-state index is 0.271. The summed E-state index contributed by atoms with van der Waals surface area (Å²) in [5.41, 5.74) is 1.79. The van der Waals surface area contributed by atoms with Gasteiger partial charge in [0.2, 0.25) is 5.89 Å². The van der Waals surface area contributed by atoms with Crippen molar-refractivity contribution in [1.82, 2.24) is 30.4 Å². The molecule has 134 valence electrons. The van der Waals surface area contributed by atoms with Crippen molar-refractivity contribution in [3.8, 4) is 11.5 Å². The molecule has 0 radical (unpaired) electrons. The second-order valence-corrected chi connectivity index (χ2v) is 6.17. The molecule has 8 nitrogen and oxygen atoms in total. The third kappa shape index (κ3) is 3.58. The number of nitrogens with zero attached hydrogens (tertiary/aromatic N) is 5. The van der Waals surface area contributed by atoms with Crippen LogP contribution in [0.15, 0.2) is 52.3 Å². The van der Waals surface area contributed by atoms with Crippen molar-refractivity contribution >= 4 is 5.96 Å². The van der Waals surface area contributed by atoms with Gasteiger partial charge in [-0.2, -0.15) is 5.10 Å². The zero-order chi connectivity index (χ0) is 17.8. The van der Waals surface area contributed by atoms with E-state index >= 15 is 0 Å². The standard InChI is InChI=1S/C18H21N7O/c1-19-18(24-14-7-8-16-21-12-22-25(16)10-14)20-9-15-11-26-17(23-15)13-5-3-2-4-6-13/h2-6,11-12,14H,7-10H2,1H3,(H2,19,20,24).